The van der Waals surface area contributed by atoms with Gasteiger partial charge in [0.2, 0.25) is 0 Å². The van der Waals surface area contributed by atoms with E-state index in [1.807, 2.05) is 32.0 Å². The van der Waals surface area contributed by atoms with Gasteiger partial charge in [-0.25, -0.2) is 0 Å². The number of nitrogens with one attached hydrogen (secondary N) is 1. The van der Waals surface area contributed by atoms with Crippen molar-refractivity contribution in [3.05, 3.63) is 18.2 Å². The van der Waals surface area contributed by atoms with Crippen LogP contribution in [0.4, 0.5) is 5.69 Å². The number of rotatable bonds is 10. The number of hydrogen-bond acceptors (Lipinski definition) is 4. The van der Waals surface area contributed by atoms with E-state index in [0.717, 1.165) is 29.8 Å². The molecule has 0 spiro atoms. The molecule has 6 heteroatoms. The molecule has 0 radical (unpaired) electrons. The van der Waals surface area contributed by atoms with Gasteiger partial charge in [0.25, 0.3) is 0 Å². The van der Waals surface area contributed by atoms with Crippen molar-refractivity contribution in [3.63, 3.8) is 0 Å². The number of nitrogens with zero attached hydrogens (tertiary/aromatic N) is 2. The SMILES string of the molecule is CCOc1ccc(OCC)c(NC(N)=NCCN(C(C)C)C2CC2)c1. The Morgan fingerprint density at radius 1 is 1.28 bits per heavy atom. The van der Waals surface area contributed by atoms with Crippen LogP contribution in [-0.4, -0.2) is 49.2 Å². The third kappa shape index (κ3) is 6.12. The van der Waals surface area contributed by atoms with Gasteiger partial charge in [-0.2, -0.15) is 0 Å². The van der Waals surface area contributed by atoms with Crippen molar-refractivity contribution in [1.29, 1.82) is 0 Å². The highest BCUT2D eigenvalue weighted by Gasteiger charge is 2.29. The van der Waals surface area contributed by atoms with Crippen LogP contribution in [0.2, 0.25) is 0 Å². The van der Waals surface area contributed by atoms with Crippen molar-refractivity contribution in [2.24, 2.45) is 10.7 Å². The minimum absolute atomic E-state index is 0.397. The van der Waals surface area contributed by atoms with E-state index >= 15 is 0 Å². The van der Waals surface area contributed by atoms with Crippen LogP contribution in [0.1, 0.15) is 40.5 Å². The van der Waals surface area contributed by atoms with Gasteiger partial charge in [-0.15, -0.1) is 0 Å². The summed E-state index contributed by atoms with van der Waals surface area (Å²) in [5.41, 5.74) is 6.85. The van der Waals surface area contributed by atoms with E-state index in [0.29, 0.717) is 31.8 Å². The van der Waals surface area contributed by atoms with Crippen LogP contribution < -0.4 is 20.5 Å². The van der Waals surface area contributed by atoms with Gasteiger partial charge in [0.15, 0.2) is 5.96 Å². The fourth-order valence-electron chi connectivity index (χ4n) is 2.88. The van der Waals surface area contributed by atoms with Crippen molar-refractivity contribution in [3.8, 4) is 11.5 Å². The Morgan fingerprint density at radius 2 is 2.00 bits per heavy atom. The van der Waals surface area contributed by atoms with E-state index in [9.17, 15) is 0 Å². The summed E-state index contributed by atoms with van der Waals surface area (Å²) in [5, 5.41) is 3.15. The molecule has 0 atom stereocenters. The second-order valence-electron chi connectivity index (χ2n) is 6.48. The Morgan fingerprint density at radius 3 is 2.60 bits per heavy atom. The molecule has 1 aromatic carbocycles. The van der Waals surface area contributed by atoms with Gasteiger partial charge in [-0.05, 0) is 52.7 Å². The van der Waals surface area contributed by atoms with Gasteiger partial charge in [-0.3, -0.25) is 9.89 Å². The molecule has 1 aliphatic rings. The van der Waals surface area contributed by atoms with Crippen LogP contribution in [0, 0.1) is 0 Å². The fourth-order valence-corrected chi connectivity index (χ4v) is 2.88. The summed E-state index contributed by atoms with van der Waals surface area (Å²) in [7, 11) is 0. The number of benzene rings is 1. The zero-order valence-electron chi connectivity index (χ0n) is 15.9. The normalized spacial score (nSPS) is 14.9. The average Bonchev–Trinajstić information content (AvgIpc) is 3.39. The zero-order valence-corrected chi connectivity index (χ0v) is 15.9. The van der Waals surface area contributed by atoms with Crippen LogP contribution in [-0.2, 0) is 0 Å². The number of ether oxygens (including phenoxy) is 2. The van der Waals surface area contributed by atoms with Crippen LogP contribution in [0.25, 0.3) is 0 Å². The van der Waals surface area contributed by atoms with E-state index in [4.69, 9.17) is 15.2 Å². The van der Waals surface area contributed by atoms with Crippen molar-refractivity contribution in [2.75, 3.05) is 31.6 Å². The molecule has 2 rings (SSSR count). The molecule has 1 aromatic rings. The topological polar surface area (TPSA) is 72.1 Å². The Kier molecular flexibility index (Phi) is 7.37. The minimum atomic E-state index is 0.397. The molecule has 0 amide bonds. The van der Waals surface area contributed by atoms with Gasteiger partial charge in [0.1, 0.15) is 11.5 Å². The standard InChI is InChI=1S/C19H32N4O2/c1-5-24-16-9-10-18(25-6-2)17(13-16)22-19(20)21-11-12-23(14(3)4)15-7-8-15/h9-10,13-15H,5-8,11-12H2,1-4H3,(H3,20,21,22). The smallest absolute Gasteiger partial charge is 0.193 e. The Balaban J connectivity index is 1.97. The van der Waals surface area contributed by atoms with Gasteiger partial charge < -0.3 is 20.5 Å². The molecule has 3 N–H and O–H groups in total. The summed E-state index contributed by atoms with van der Waals surface area (Å²) in [4.78, 5) is 6.97. The number of aliphatic imine (C=N–C) groups is 1. The molecular weight excluding hydrogens is 316 g/mol. The monoisotopic (exact) mass is 348 g/mol. The van der Waals surface area contributed by atoms with Crippen LogP contribution in [0.3, 0.4) is 0 Å². The summed E-state index contributed by atoms with van der Waals surface area (Å²) in [6.07, 6.45) is 2.61. The van der Waals surface area contributed by atoms with E-state index in [1.54, 1.807) is 0 Å². The molecule has 25 heavy (non-hydrogen) atoms. The Bertz CT molecular complexity index is 569. The second-order valence-corrected chi connectivity index (χ2v) is 6.48. The maximum atomic E-state index is 6.07. The largest absolute Gasteiger partial charge is 0.494 e. The van der Waals surface area contributed by atoms with Crippen molar-refractivity contribution < 1.29 is 9.47 Å². The summed E-state index contributed by atoms with van der Waals surface area (Å²) < 4.78 is 11.2. The lowest BCUT2D eigenvalue weighted by molar-refractivity contribution is 0.218. The molecule has 0 aromatic heterocycles. The second kappa shape index (κ2) is 9.51. The van der Waals surface area contributed by atoms with Crippen molar-refractivity contribution >= 4 is 11.6 Å². The third-order valence-corrected chi connectivity index (χ3v) is 4.14. The first-order valence-electron chi connectivity index (χ1n) is 9.27. The summed E-state index contributed by atoms with van der Waals surface area (Å²) in [6.45, 7) is 11.2. The molecule has 1 aliphatic carbocycles. The van der Waals surface area contributed by atoms with E-state index in [2.05, 4.69) is 29.1 Å². The molecule has 0 unspecified atom stereocenters. The maximum Gasteiger partial charge on any atom is 0.193 e. The van der Waals surface area contributed by atoms with Gasteiger partial charge in [0, 0.05) is 24.7 Å². The lowest BCUT2D eigenvalue weighted by atomic mass is 10.2. The van der Waals surface area contributed by atoms with E-state index in [-0.39, 0.29) is 0 Å². The van der Waals surface area contributed by atoms with Crippen molar-refractivity contribution in [1.82, 2.24) is 4.90 Å². The summed E-state index contributed by atoms with van der Waals surface area (Å²) in [5.74, 6) is 1.92. The molecule has 140 valence electrons. The highest BCUT2D eigenvalue weighted by molar-refractivity contribution is 5.94. The number of nitrogens with two attached hydrogens (primary N) is 1. The third-order valence-electron chi connectivity index (χ3n) is 4.14. The first-order valence-corrected chi connectivity index (χ1v) is 9.27. The summed E-state index contributed by atoms with van der Waals surface area (Å²) >= 11 is 0. The first-order chi connectivity index (χ1) is 12.0. The van der Waals surface area contributed by atoms with E-state index < -0.39 is 0 Å². The quantitative estimate of drug-likeness (QED) is 0.502. The predicted octanol–water partition coefficient (Wildman–Crippen LogP) is 3.08. The lowest BCUT2D eigenvalue weighted by Gasteiger charge is -2.25. The van der Waals surface area contributed by atoms with Gasteiger partial charge in [-0.1, -0.05) is 0 Å². The number of anilines is 1. The van der Waals surface area contributed by atoms with Crippen LogP contribution in [0.5, 0.6) is 11.5 Å². The fraction of sp³-hybridized carbons (Fsp3) is 0.632. The van der Waals surface area contributed by atoms with Gasteiger partial charge in [0.05, 0.1) is 25.4 Å². The zero-order chi connectivity index (χ0) is 18.2. The lowest BCUT2D eigenvalue weighted by Crippen LogP contribution is -2.35. The Hall–Kier alpha value is -1.95. The molecule has 1 fully saturated rings. The highest BCUT2D eigenvalue weighted by Crippen LogP contribution is 2.29. The molecular formula is C19H32N4O2. The number of guanidine groups is 1. The molecule has 0 heterocycles. The molecule has 0 saturated heterocycles. The minimum Gasteiger partial charge on any atom is -0.494 e. The van der Waals surface area contributed by atoms with Gasteiger partial charge >= 0.3 is 0 Å². The first kappa shape index (κ1) is 19.4. The summed E-state index contributed by atoms with van der Waals surface area (Å²) in [6, 6.07) is 6.95. The number of hydrogen-bond donors (Lipinski definition) is 2. The van der Waals surface area contributed by atoms with E-state index in [1.165, 1.54) is 12.8 Å². The molecule has 0 bridgehead atoms. The predicted molar refractivity (Wildman–Crippen MR) is 104 cm³/mol. The van der Waals surface area contributed by atoms with Crippen LogP contribution >= 0.6 is 0 Å². The highest BCUT2D eigenvalue weighted by atomic mass is 16.5. The Labute approximate surface area is 151 Å². The van der Waals surface area contributed by atoms with Crippen LogP contribution in [0.15, 0.2) is 23.2 Å². The molecule has 6 nitrogen and oxygen atoms in total. The average molecular weight is 348 g/mol. The molecule has 0 aliphatic heterocycles. The maximum absolute atomic E-state index is 6.07. The molecule has 1 saturated carbocycles. The van der Waals surface area contributed by atoms with Crippen molar-refractivity contribution in [2.45, 2.75) is 52.6 Å².